The van der Waals surface area contributed by atoms with E-state index in [1.165, 1.54) is 6.39 Å². The Bertz CT molecular complexity index is 720. The first-order valence-electron chi connectivity index (χ1n) is 6.00. The van der Waals surface area contributed by atoms with Crippen LogP contribution in [0.2, 0.25) is 0 Å². The fourth-order valence-electron chi connectivity index (χ4n) is 1.98. The molecule has 0 aliphatic carbocycles. The topological polar surface area (TPSA) is 77.0 Å². The molecule has 0 amide bonds. The third kappa shape index (κ3) is 2.35. The van der Waals surface area contributed by atoms with Crippen molar-refractivity contribution in [1.82, 2.24) is 9.97 Å². The van der Waals surface area contributed by atoms with Gasteiger partial charge in [-0.05, 0) is 36.2 Å². The normalized spacial score (nSPS) is 10.8. The summed E-state index contributed by atoms with van der Waals surface area (Å²) in [5, 5.41) is 3.28. The molecule has 0 bridgehead atoms. The number of benzene rings is 1. The molecule has 3 N–H and O–H groups in total. The predicted molar refractivity (Wildman–Crippen MR) is 74.7 cm³/mol. The molecular formula is C14H14N4O. The average molecular weight is 254 g/mol. The van der Waals surface area contributed by atoms with Gasteiger partial charge in [0.1, 0.15) is 11.3 Å². The number of anilines is 2. The van der Waals surface area contributed by atoms with Gasteiger partial charge in [-0.3, -0.25) is 0 Å². The lowest BCUT2D eigenvalue weighted by Gasteiger charge is -2.08. The number of hydrogen-bond acceptors (Lipinski definition) is 5. The molecule has 0 aliphatic rings. The molecule has 0 saturated heterocycles. The minimum Gasteiger partial charge on any atom is -0.443 e. The standard InChI is InChI=1S/C14H14N4O/c1-9-4-11(15)7-17-14(9)16-6-10-2-3-12-13(5-10)19-8-18-12/h2-5,7-8H,6,15H2,1H3,(H,16,17). The van der Waals surface area contributed by atoms with Crippen LogP contribution < -0.4 is 11.1 Å². The van der Waals surface area contributed by atoms with Crippen LogP contribution in [0.3, 0.4) is 0 Å². The number of nitrogens with zero attached hydrogens (tertiary/aromatic N) is 2. The first kappa shape index (κ1) is 11.5. The lowest BCUT2D eigenvalue weighted by molar-refractivity contribution is 0.602. The molecule has 0 atom stereocenters. The smallest absolute Gasteiger partial charge is 0.181 e. The molecule has 3 rings (SSSR count). The van der Waals surface area contributed by atoms with E-state index >= 15 is 0 Å². The molecule has 0 radical (unpaired) electrons. The molecule has 1 aromatic carbocycles. The highest BCUT2D eigenvalue weighted by Crippen LogP contribution is 2.17. The summed E-state index contributed by atoms with van der Waals surface area (Å²) in [5.41, 5.74) is 10.1. The summed E-state index contributed by atoms with van der Waals surface area (Å²) in [7, 11) is 0. The SMILES string of the molecule is Cc1cc(N)cnc1NCc1ccc2ncoc2c1. The molecule has 5 heteroatoms. The van der Waals surface area contributed by atoms with E-state index in [4.69, 9.17) is 10.2 Å². The van der Waals surface area contributed by atoms with Crippen LogP contribution in [0, 0.1) is 6.92 Å². The Morgan fingerprint density at radius 2 is 2.16 bits per heavy atom. The Morgan fingerprint density at radius 1 is 1.26 bits per heavy atom. The van der Waals surface area contributed by atoms with Crippen LogP contribution in [-0.4, -0.2) is 9.97 Å². The highest BCUT2D eigenvalue weighted by molar-refractivity contribution is 5.72. The van der Waals surface area contributed by atoms with Crippen LogP contribution in [0.4, 0.5) is 11.5 Å². The minimum atomic E-state index is 0.672. The Hall–Kier alpha value is -2.56. The lowest BCUT2D eigenvalue weighted by Crippen LogP contribution is -2.03. The van der Waals surface area contributed by atoms with Gasteiger partial charge in [-0.15, -0.1) is 0 Å². The molecule has 0 saturated carbocycles. The van der Waals surface area contributed by atoms with Crippen LogP contribution >= 0.6 is 0 Å². The van der Waals surface area contributed by atoms with Crippen molar-refractivity contribution in [2.24, 2.45) is 0 Å². The Labute approximate surface area is 110 Å². The Kier molecular flexibility index (Phi) is 2.79. The van der Waals surface area contributed by atoms with E-state index in [2.05, 4.69) is 15.3 Å². The lowest BCUT2D eigenvalue weighted by atomic mass is 10.2. The van der Waals surface area contributed by atoms with Crippen molar-refractivity contribution in [1.29, 1.82) is 0 Å². The second-order valence-electron chi connectivity index (χ2n) is 4.44. The van der Waals surface area contributed by atoms with Gasteiger partial charge in [0.15, 0.2) is 12.0 Å². The van der Waals surface area contributed by atoms with Gasteiger partial charge in [0, 0.05) is 6.54 Å². The summed E-state index contributed by atoms with van der Waals surface area (Å²) in [6.45, 7) is 2.65. The zero-order valence-electron chi connectivity index (χ0n) is 10.6. The second kappa shape index (κ2) is 4.61. The zero-order chi connectivity index (χ0) is 13.2. The number of rotatable bonds is 3. The summed E-state index contributed by atoms with van der Waals surface area (Å²) in [5.74, 6) is 0.840. The summed E-state index contributed by atoms with van der Waals surface area (Å²) in [6.07, 6.45) is 3.10. The maximum Gasteiger partial charge on any atom is 0.181 e. The molecule has 3 aromatic rings. The number of oxazole rings is 1. The zero-order valence-corrected chi connectivity index (χ0v) is 10.6. The predicted octanol–water partition coefficient (Wildman–Crippen LogP) is 2.73. The van der Waals surface area contributed by atoms with Gasteiger partial charge in [0.25, 0.3) is 0 Å². The molecule has 0 aliphatic heterocycles. The molecule has 96 valence electrons. The molecule has 0 unspecified atom stereocenters. The van der Waals surface area contributed by atoms with Crippen LogP contribution in [-0.2, 0) is 6.54 Å². The Balaban J connectivity index is 1.77. The monoisotopic (exact) mass is 254 g/mol. The van der Waals surface area contributed by atoms with E-state index in [0.717, 1.165) is 28.0 Å². The van der Waals surface area contributed by atoms with Gasteiger partial charge < -0.3 is 15.5 Å². The van der Waals surface area contributed by atoms with E-state index in [-0.39, 0.29) is 0 Å². The number of aromatic nitrogens is 2. The molecule has 2 heterocycles. The summed E-state index contributed by atoms with van der Waals surface area (Å²) in [6, 6.07) is 7.83. The van der Waals surface area contributed by atoms with Crippen molar-refractivity contribution in [3.63, 3.8) is 0 Å². The van der Waals surface area contributed by atoms with Crippen LogP contribution in [0.5, 0.6) is 0 Å². The average Bonchev–Trinajstić information content (AvgIpc) is 2.85. The van der Waals surface area contributed by atoms with E-state index < -0.39 is 0 Å². The van der Waals surface area contributed by atoms with Crippen molar-refractivity contribution in [2.75, 3.05) is 11.1 Å². The molecule has 0 fully saturated rings. The number of nitrogen functional groups attached to an aromatic ring is 1. The highest BCUT2D eigenvalue weighted by atomic mass is 16.3. The minimum absolute atomic E-state index is 0.672. The number of pyridine rings is 1. The van der Waals surface area contributed by atoms with Crippen molar-refractivity contribution >= 4 is 22.6 Å². The maximum atomic E-state index is 5.68. The maximum absolute atomic E-state index is 5.68. The van der Waals surface area contributed by atoms with Gasteiger partial charge in [-0.2, -0.15) is 0 Å². The summed E-state index contributed by atoms with van der Waals surface area (Å²) in [4.78, 5) is 8.36. The van der Waals surface area contributed by atoms with Gasteiger partial charge in [-0.25, -0.2) is 9.97 Å². The second-order valence-corrected chi connectivity index (χ2v) is 4.44. The quantitative estimate of drug-likeness (QED) is 0.751. The molecular weight excluding hydrogens is 240 g/mol. The fourth-order valence-corrected chi connectivity index (χ4v) is 1.98. The third-order valence-corrected chi connectivity index (χ3v) is 2.96. The van der Waals surface area contributed by atoms with Crippen LogP contribution in [0.25, 0.3) is 11.1 Å². The number of fused-ring (bicyclic) bond motifs is 1. The van der Waals surface area contributed by atoms with Crippen LogP contribution in [0.15, 0.2) is 41.3 Å². The van der Waals surface area contributed by atoms with Gasteiger partial charge >= 0.3 is 0 Å². The van der Waals surface area contributed by atoms with Gasteiger partial charge in [0.2, 0.25) is 0 Å². The fraction of sp³-hybridized carbons (Fsp3) is 0.143. The third-order valence-electron chi connectivity index (χ3n) is 2.96. The van der Waals surface area contributed by atoms with Gasteiger partial charge in [-0.1, -0.05) is 6.07 Å². The number of nitrogens with one attached hydrogen (secondary N) is 1. The number of hydrogen-bond donors (Lipinski definition) is 2. The van der Waals surface area contributed by atoms with Crippen molar-refractivity contribution in [3.8, 4) is 0 Å². The van der Waals surface area contributed by atoms with E-state index in [1.807, 2.05) is 31.2 Å². The largest absolute Gasteiger partial charge is 0.443 e. The van der Waals surface area contributed by atoms with Crippen molar-refractivity contribution in [3.05, 3.63) is 48.0 Å². The van der Waals surface area contributed by atoms with E-state index in [9.17, 15) is 0 Å². The van der Waals surface area contributed by atoms with E-state index in [0.29, 0.717) is 12.2 Å². The van der Waals surface area contributed by atoms with Gasteiger partial charge in [0.05, 0.1) is 11.9 Å². The molecule has 5 nitrogen and oxygen atoms in total. The Morgan fingerprint density at radius 3 is 3.00 bits per heavy atom. The first-order chi connectivity index (χ1) is 9.22. The summed E-state index contributed by atoms with van der Waals surface area (Å²) < 4.78 is 5.28. The van der Waals surface area contributed by atoms with Crippen LogP contribution in [0.1, 0.15) is 11.1 Å². The van der Waals surface area contributed by atoms with Crippen molar-refractivity contribution in [2.45, 2.75) is 13.5 Å². The molecule has 19 heavy (non-hydrogen) atoms. The molecule has 2 aromatic heterocycles. The number of nitrogens with two attached hydrogens (primary N) is 1. The highest BCUT2D eigenvalue weighted by Gasteiger charge is 2.03. The first-order valence-corrected chi connectivity index (χ1v) is 6.00. The molecule has 0 spiro atoms. The van der Waals surface area contributed by atoms with Crippen molar-refractivity contribution < 1.29 is 4.42 Å². The van der Waals surface area contributed by atoms with E-state index in [1.54, 1.807) is 6.20 Å². The number of aryl methyl sites for hydroxylation is 1. The summed E-state index contributed by atoms with van der Waals surface area (Å²) >= 11 is 0.